The fourth-order valence-electron chi connectivity index (χ4n) is 1.47. The van der Waals surface area contributed by atoms with Gasteiger partial charge in [-0.15, -0.1) is 11.3 Å². The Morgan fingerprint density at radius 3 is 3.00 bits per heavy atom. The summed E-state index contributed by atoms with van der Waals surface area (Å²) in [6, 6.07) is 4.14. The molecule has 0 aliphatic carbocycles. The van der Waals surface area contributed by atoms with E-state index < -0.39 is 0 Å². The molecule has 1 N–H and O–H groups in total. The highest BCUT2D eigenvalue weighted by Gasteiger charge is 2.01. The monoisotopic (exact) mass is 271 g/mol. The van der Waals surface area contributed by atoms with Crippen LogP contribution in [0.3, 0.4) is 0 Å². The summed E-state index contributed by atoms with van der Waals surface area (Å²) >= 11 is 1.74. The first-order valence-electron chi connectivity index (χ1n) is 6.18. The van der Waals surface area contributed by atoms with E-state index in [1.807, 2.05) is 6.07 Å². The molecular weight excluding hydrogens is 250 g/mol. The summed E-state index contributed by atoms with van der Waals surface area (Å²) in [6.45, 7) is 2.28. The fourth-order valence-corrected chi connectivity index (χ4v) is 2.22. The zero-order valence-corrected chi connectivity index (χ0v) is 11.6. The molecule has 0 aromatic carbocycles. The van der Waals surface area contributed by atoms with Gasteiger partial charge in [0.15, 0.2) is 0 Å². The molecule has 1 aromatic heterocycles. The number of carbonyl (C=O) groups excluding carboxylic acids is 1. The third kappa shape index (κ3) is 7.42. The lowest BCUT2D eigenvalue weighted by atomic mass is 10.2. The van der Waals surface area contributed by atoms with Crippen LogP contribution in [0.2, 0.25) is 0 Å². The van der Waals surface area contributed by atoms with Gasteiger partial charge >= 0.3 is 0 Å². The van der Waals surface area contributed by atoms with E-state index in [-0.39, 0.29) is 5.91 Å². The zero-order valence-electron chi connectivity index (χ0n) is 10.8. The minimum Gasteiger partial charge on any atom is -0.382 e. The maximum absolute atomic E-state index is 11.5. The fraction of sp³-hybridized carbons (Fsp3) is 0.615. The van der Waals surface area contributed by atoms with Crippen LogP contribution in [-0.2, 0) is 20.7 Å². The smallest absolute Gasteiger partial charge is 0.220 e. The molecular formula is C13H21NO3S. The first-order chi connectivity index (χ1) is 8.83. The third-order valence-electron chi connectivity index (χ3n) is 2.41. The van der Waals surface area contributed by atoms with Crippen LogP contribution in [0.4, 0.5) is 0 Å². The van der Waals surface area contributed by atoms with E-state index in [1.54, 1.807) is 18.4 Å². The number of carbonyl (C=O) groups is 1. The molecule has 5 heteroatoms. The predicted octanol–water partition coefficient (Wildman–Crippen LogP) is 1.85. The standard InChI is InChI=1S/C13H21NO3S/c1-16-9-10-17-8-7-14-13(15)6-2-4-12-5-3-11-18-12/h3,5,11H,2,4,6-10H2,1H3,(H,14,15). The average Bonchev–Trinajstić information content (AvgIpc) is 2.87. The van der Waals surface area contributed by atoms with Crippen molar-refractivity contribution in [1.82, 2.24) is 5.32 Å². The van der Waals surface area contributed by atoms with Gasteiger partial charge in [-0.05, 0) is 24.3 Å². The second-order valence-electron chi connectivity index (χ2n) is 3.89. The third-order valence-corrected chi connectivity index (χ3v) is 3.34. The van der Waals surface area contributed by atoms with Crippen LogP contribution in [0.1, 0.15) is 17.7 Å². The van der Waals surface area contributed by atoms with E-state index in [9.17, 15) is 4.79 Å². The molecule has 0 unspecified atom stereocenters. The number of rotatable bonds is 10. The van der Waals surface area contributed by atoms with Gasteiger partial charge in [0.2, 0.25) is 5.91 Å². The molecule has 0 aliphatic heterocycles. The molecule has 1 aromatic rings. The van der Waals surface area contributed by atoms with Crippen molar-refractivity contribution >= 4 is 17.2 Å². The maximum Gasteiger partial charge on any atom is 0.220 e. The summed E-state index contributed by atoms with van der Waals surface area (Å²) in [5.41, 5.74) is 0. The Morgan fingerprint density at radius 1 is 1.39 bits per heavy atom. The Hall–Kier alpha value is -0.910. The summed E-state index contributed by atoms with van der Waals surface area (Å²) in [6.07, 6.45) is 2.46. The molecule has 0 atom stereocenters. The van der Waals surface area contributed by atoms with Crippen LogP contribution in [0.25, 0.3) is 0 Å². The van der Waals surface area contributed by atoms with Gasteiger partial charge in [0.1, 0.15) is 0 Å². The summed E-state index contributed by atoms with van der Waals surface area (Å²) in [5.74, 6) is 0.0990. The molecule has 1 rings (SSSR count). The lowest BCUT2D eigenvalue weighted by Gasteiger charge is -2.05. The molecule has 102 valence electrons. The predicted molar refractivity (Wildman–Crippen MR) is 73.0 cm³/mol. The highest BCUT2D eigenvalue weighted by Crippen LogP contribution is 2.11. The van der Waals surface area contributed by atoms with Crippen LogP contribution in [0.15, 0.2) is 17.5 Å². The van der Waals surface area contributed by atoms with E-state index in [4.69, 9.17) is 9.47 Å². The molecule has 4 nitrogen and oxygen atoms in total. The zero-order chi connectivity index (χ0) is 13.1. The van der Waals surface area contributed by atoms with Gasteiger partial charge in [-0.3, -0.25) is 4.79 Å². The maximum atomic E-state index is 11.5. The van der Waals surface area contributed by atoms with Crippen LogP contribution >= 0.6 is 11.3 Å². The van der Waals surface area contributed by atoms with Crippen LogP contribution in [-0.4, -0.2) is 39.4 Å². The number of aryl methyl sites for hydroxylation is 1. The Bertz CT molecular complexity index is 314. The number of amides is 1. The van der Waals surface area contributed by atoms with Gasteiger partial charge in [0.25, 0.3) is 0 Å². The summed E-state index contributed by atoms with van der Waals surface area (Å²) in [7, 11) is 1.64. The van der Waals surface area contributed by atoms with Crippen molar-refractivity contribution in [2.24, 2.45) is 0 Å². The van der Waals surface area contributed by atoms with E-state index in [0.29, 0.717) is 32.8 Å². The molecule has 1 heterocycles. The second kappa shape index (κ2) is 10.1. The van der Waals surface area contributed by atoms with Crippen molar-refractivity contribution in [2.45, 2.75) is 19.3 Å². The number of hydrogen-bond acceptors (Lipinski definition) is 4. The molecule has 18 heavy (non-hydrogen) atoms. The van der Waals surface area contributed by atoms with Crippen LogP contribution in [0, 0.1) is 0 Å². The minimum absolute atomic E-state index is 0.0990. The first kappa shape index (κ1) is 15.1. The molecule has 0 spiro atoms. The molecule has 0 aliphatic rings. The van der Waals surface area contributed by atoms with E-state index in [1.165, 1.54) is 4.88 Å². The number of ether oxygens (including phenoxy) is 2. The molecule has 0 radical (unpaired) electrons. The lowest BCUT2D eigenvalue weighted by molar-refractivity contribution is -0.121. The van der Waals surface area contributed by atoms with Gasteiger partial charge < -0.3 is 14.8 Å². The van der Waals surface area contributed by atoms with E-state index >= 15 is 0 Å². The Labute approximate surface area is 112 Å². The van der Waals surface area contributed by atoms with Crippen molar-refractivity contribution in [2.75, 3.05) is 33.5 Å². The van der Waals surface area contributed by atoms with Crippen LogP contribution in [0.5, 0.6) is 0 Å². The molecule has 0 bridgehead atoms. The van der Waals surface area contributed by atoms with Crippen molar-refractivity contribution in [3.05, 3.63) is 22.4 Å². The Kier molecular flexibility index (Phi) is 8.46. The van der Waals surface area contributed by atoms with Gasteiger partial charge in [-0.2, -0.15) is 0 Å². The molecule has 0 saturated carbocycles. The summed E-state index contributed by atoms with van der Waals surface area (Å²) in [5, 5.41) is 4.90. The van der Waals surface area contributed by atoms with Crippen molar-refractivity contribution in [1.29, 1.82) is 0 Å². The van der Waals surface area contributed by atoms with Crippen LogP contribution < -0.4 is 5.32 Å². The summed E-state index contributed by atoms with van der Waals surface area (Å²) < 4.78 is 10.1. The molecule has 0 fully saturated rings. The Morgan fingerprint density at radius 2 is 2.28 bits per heavy atom. The number of methoxy groups -OCH3 is 1. The lowest BCUT2D eigenvalue weighted by Crippen LogP contribution is -2.27. The number of nitrogens with one attached hydrogen (secondary N) is 1. The van der Waals surface area contributed by atoms with Gasteiger partial charge in [0, 0.05) is 25.0 Å². The average molecular weight is 271 g/mol. The van der Waals surface area contributed by atoms with Gasteiger partial charge in [-0.25, -0.2) is 0 Å². The number of thiophene rings is 1. The van der Waals surface area contributed by atoms with Gasteiger partial charge in [0.05, 0.1) is 19.8 Å². The minimum atomic E-state index is 0.0990. The van der Waals surface area contributed by atoms with Crippen molar-refractivity contribution in [3.63, 3.8) is 0 Å². The molecule has 1 amide bonds. The topological polar surface area (TPSA) is 47.6 Å². The quantitative estimate of drug-likeness (QED) is 0.661. The van der Waals surface area contributed by atoms with Crippen molar-refractivity contribution in [3.8, 4) is 0 Å². The first-order valence-corrected chi connectivity index (χ1v) is 7.06. The van der Waals surface area contributed by atoms with Gasteiger partial charge in [-0.1, -0.05) is 6.07 Å². The highest BCUT2D eigenvalue weighted by atomic mass is 32.1. The SMILES string of the molecule is COCCOCCNC(=O)CCCc1cccs1. The van der Waals surface area contributed by atoms with E-state index in [0.717, 1.165) is 12.8 Å². The molecule has 0 saturated heterocycles. The Balaban J connectivity index is 1.91. The van der Waals surface area contributed by atoms with Crippen molar-refractivity contribution < 1.29 is 14.3 Å². The number of hydrogen-bond donors (Lipinski definition) is 1. The summed E-state index contributed by atoms with van der Waals surface area (Å²) in [4.78, 5) is 12.8. The normalized spacial score (nSPS) is 10.5. The largest absolute Gasteiger partial charge is 0.382 e. The van der Waals surface area contributed by atoms with E-state index in [2.05, 4.69) is 16.8 Å². The second-order valence-corrected chi connectivity index (χ2v) is 4.92. The highest BCUT2D eigenvalue weighted by molar-refractivity contribution is 7.09.